The van der Waals surface area contributed by atoms with Gasteiger partial charge in [-0.3, -0.25) is 4.98 Å². The summed E-state index contributed by atoms with van der Waals surface area (Å²) in [4.78, 5) is 20.8. The highest BCUT2D eigenvalue weighted by atomic mass is 19.1. The van der Waals surface area contributed by atoms with E-state index < -0.39 is 0 Å². The van der Waals surface area contributed by atoms with Crippen LogP contribution in [0.2, 0.25) is 0 Å². The van der Waals surface area contributed by atoms with Crippen LogP contribution in [0, 0.1) is 11.6 Å². The number of piperidine rings is 1. The molecule has 218 valence electrons. The van der Waals surface area contributed by atoms with Crippen molar-refractivity contribution in [2.75, 3.05) is 36.5 Å². The molecule has 1 fully saturated rings. The van der Waals surface area contributed by atoms with Crippen molar-refractivity contribution in [1.82, 2.24) is 19.9 Å². The normalized spacial score (nSPS) is 20.9. The molecule has 3 aliphatic heterocycles. The van der Waals surface area contributed by atoms with Crippen molar-refractivity contribution >= 4 is 22.3 Å². The zero-order valence-electron chi connectivity index (χ0n) is 24.2. The van der Waals surface area contributed by atoms with Gasteiger partial charge in [0.2, 0.25) is 0 Å². The number of anilines is 2. The number of likely N-dealkylation sites (N-methyl/N-ethyl adjacent to an activating group) is 1. The maximum Gasteiger partial charge on any atom is 0.318 e. The van der Waals surface area contributed by atoms with E-state index in [0.717, 1.165) is 46.7 Å². The fourth-order valence-corrected chi connectivity index (χ4v) is 6.85. The number of hydrogen-bond acceptors (Lipinski definition) is 7. The summed E-state index contributed by atoms with van der Waals surface area (Å²) in [6, 6.07) is 11.9. The molecule has 5 heterocycles. The summed E-state index contributed by atoms with van der Waals surface area (Å²) in [6.45, 7) is 5.35. The van der Waals surface area contributed by atoms with Crippen LogP contribution in [0.5, 0.6) is 6.01 Å². The molecule has 2 aromatic carbocycles. The van der Waals surface area contributed by atoms with E-state index in [1.807, 2.05) is 24.3 Å². The first-order chi connectivity index (χ1) is 20.5. The van der Waals surface area contributed by atoms with Gasteiger partial charge in [0, 0.05) is 53.6 Å². The third-order valence-electron chi connectivity index (χ3n) is 9.26. The monoisotopic (exact) mass is 570 g/mol. The molecule has 0 spiro atoms. The SMILES string of the molecule is C[C@H]1Cc2cncc(F)c2CN1c1nc(OC[C@H]2CCCCN2C)nc2c1CCN(c1cccc3cccc(F)c13)C2. The molecule has 1 saturated heterocycles. The summed E-state index contributed by atoms with van der Waals surface area (Å²) < 4.78 is 36.3. The molecule has 0 aliphatic carbocycles. The van der Waals surface area contributed by atoms with Gasteiger partial charge in [0.05, 0.1) is 18.4 Å². The zero-order chi connectivity index (χ0) is 28.8. The molecule has 0 radical (unpaired) electrons. The second-order valence-corrected chi connectivity index (χ2v) is 11.9. The van der Waals surface area contributed by atoms with E-state index in [9.17, 15) is 4.39 Å². The van der Waals surface area contributed by atoms with Gasteiger partial charge in [-0.2, -0.15) is 9.97 Å². The largest absolute Gasteiger partial charge is 0.462 e. The third kappa shape index (κ3) is 4.93. The van der Waals surface area contributed by atoms with Gasteiger partial charge in [-0.25, -0.2) is 8.78 Å². The predicted octanol–water partition coefficient (Wildman–Crippen LogP) is 5.68. The Morgan fingerprint density at radius 3 is 2.67 bits per heavy atom. The second-order valence-electron chi connectivity index (χ2n) is 11.9. The number of nitrogens with zero attached hydrogens (tertiary/aromatic N) is 6. The highest BCUT2D eigenvalue weighted by molar-refractivity contribution is 5.95. The van der Waals surface area contributed by atoms with E-state index >= 15 is 4.39 Å². The van der Waals surface area contributed by atoms with Gasteiger partial charge in [0.1, 0.15) is 24.1 Å². The molecule has 0 bridgehead atoms. The van der Waals surface area contributed by atoms with Crippen molar-refractivity contribution in [3.8, 4) is 6.01 Å². The maximum absolute atomic E-state index is 15.1. The Kier molecular flexibility index (Phi) is 7.14. The van der Waals surface area contributed by atoms with Crippen LogP contribution in [0.3, 0.4) is 0 Å². The van der Waals surface area contributed by atoms with Crippen molar-refractivity contribution in [1.29, 1.82) is 0 Å². The Bertz CT molecular complexity index is 1620. The highest BCUT2D eigenvalue weighted by Crippen LogP contribution is 2.37. The maximum atomic E-state index is 15.1. The Labute approximate surface area is 245 Å². The zero-order valence-corrected chi connectivity index (χ0v) is 24.2. The van der Waals surface area contributed by atoms with E-state index in [2.05, 4.69) is 33.7 Å². The van der Waals surface area contributed by atoms with Gasteiger partial charge in [0.25, 0.3) is 0 Å². The predicted molar refractivity (Wildman–Crippen MR) is 160 cm³/mol. The van der Waals surface area contributed by atoms with Crippen LogP contribution in [0.25, 0.3) is 10.8 Å². The van der Waals surface area contributed by atoms with Gasteiger partial charge < -0.3 is 19.4 Å². The van der Waals surface area contributed by atoms with Crippen molar-refractivity contribution in [3.05, 3.63) is 82.8 Å². The summed E-state index contributed by atoms with van der Waals surface area (Å²) in [7, 11) is 2.14. The summed E-state index contributed by atoms with van der Waals surface area (Å²) in [5.41, 5.74) is 4.41. The minimum Gasteiger partial charge on any atom is -0.462 e. The first kappa shape index (κ1) is 27.0. The molecule has 0 amide bonds. The fraction of sp³-hybridized carbons (Fsp3) is 0.424. The number of ether oxygens (including phenoxy) is 1. The lowest BCUT2D eigenvalue weighted by Crippen LogP contribution is -2.42. The lowest BCUT2D eigenvalue weighted by molar-refractivity contribution is 0.119. The number of fused-ring (bicyclic) bond motifs is 3. The van der Waals surface area contributed by atoms with Crippen molar-refractivity contribution in [2.24, 2.45) is 0 Å². The van der Waals surface area contributed by atoms with Crippen LogP contribution in [-0.2, 0) is 25.9 Å². The second kappa shape index (κ2) is 11.1. The van der Waals surface area contributed by atoms with Crippen molar-refractivity contribution < 1.29 is 13.5 Å². The molecule has 2 aromatic heterocycles. The van der Waals surface area contributed by atoms with E-state index in [-0.39, 0.29) is 17.7 Å². The van der Waals surface area contributed by atoms with Crippen LogP contribution in [-0.4, -0.2) is 58.7 Å². The Morgan fingerprint density at radius 2 is 1.81 bits per heavy atom. The van der Waals surface area contributed by atoms with E-state index in [4.69, 9.17) is 14.7 Å². The van der Waals surface area contributed by atoms with Gasteiger partial charge in [-0.1, -0.05) is 30.7 Å². The minimum absolute atomic E-state index is 0.0996. The van der Waals surface area contributed by atoms with E-state index in [0.29, 0.717) is 62.1 Å². The topological polar surface area (TPSA) is 57.6 Å². The molecule has 0 unspecified atom stereocenters. The van der Waals surface area contributed by atoms with E-state index in [1.165, 1.54) is 25.1 Å². The molecule has 9 heteroatoms. The van der Waals surface area contributed by atoms with Crippen LogP contribution in [0.1, 0.15) is 48.6 Å². The molecule has 7 nitrogen and oxygen atoms in total. The molecule has 2 atom stereocenters. The molecule has 7 rings (SSSR count). The lowest BCUT2D eigenvalue weighted by atomic mass is 9.95. The van der Waals surface area contributed by atoms with Gasteiger partial charge in [-0.15, -0.1) is 0 Å². The number of hydrogen-bond donors (Lipinski definition) is 0. The molecule has 3 aliphatic rings. The fourth-order valence-electron chi connectivity index (χ4n) is 6.85. The van der Waals surface area contributed by atoms with Crippen LogP contribution < -0.4 is 14.5 Å². The standard InChI is InChI=1S/C33H36F2N6O/c1-21-15-23-16-36-17-28(35)26(23)18-41(21)32-25-12-14-40(30-11-6-8-22-7-5-10-27(34)31(22)30)19-29(25)37-33(38-32)42-20-24-9-3-4-13-39(24)2/h5-8,10-11,16-17,21,24H,3-4,9,12-15,18-20H2,1-2H3/t21-,24+/m0/s1. The van der Waals surface area contributed by atoms with Gasteiger partial charge in [0.15, 0.2) is 0 Å². The third-order valence-corrected chi connectivity index (χ3v) is 9.26. The average Bonchev–Trinajstić information content (AvgIpc) is 3.00. The first-order valence-corrected chi connectivity index (χ1v) is 15.0. The smallest absolute Gasteiger partial charge is 0.318 e. The molecule has 4 aromatic rings. The number of benzene rings is 2. The van der Waals surface area contributed by atoms with Crippen LogP contribution in [0.15, 0.2) is 48.8 Å². The lowest BCUT2D eigenvalue weighted by Gasteiger charge is -2.39. The highest BCUT2D eigenvalue weighted by Gasteiger charge is 2.32. The summed E-state index contributed by atoms with van der Waals surface area (Å²) in [5, 5.41) is 1.50. The van der Waals surface area contributed by atoms with Crippen LogP contribution >= 0.6 is 0 Å². The molecule has 0 N–H and O–H groups in total. The molecule has 42 heavy (non-hydrogen) atoms. The van der Waals surface area contributed by atoms with E-state index in [1.54, 1.807) is 12.3 Å². The number of rotatable bonds is 5. The molecular weight excluding hydrogens is 534 g/mol. The number of pyridine rings is 1. The number of aromatic nitrogens is 3. The Hall–Kier alpha value is -3.85. The molecule has 0 saturated carbocycles. The summed E-state index contributed by atoms with van der Waals surface area (Å²) in [6.07, 6.45) is 7.92. The van der Waals surface area contributed by atoms with Gasteiger partial charge in [-0.05, 0) is 69.3 Å². The van der Waals surface area contributed by atoms with Crippen molar-refractivity contribution in [2.45, 2.75) is 64.2 Å². The Morgan fingerprint density at radius 1 is 0.952 bits per heavy atom. The Balaban J connectivity index is 1.26. The van der Waals surface area contributed by atoms with Crippen LogP contribution in [0.4, 0.5) is 20.3 Å². The number of likely N-dealkylation sites (tertiary alicyclic amines) is 1. The summed E-state index contributed by atoms with van der Waals surface area (Å²) in [5.74, 6) is 0.300. The average molecular weight is 571 g/mol. The quantitative estimate of drug-likeness (QED) is 0.306. The van der Waals surface area contributed by atoms with Crippen molar-refractivity contribution in [3.63, 3.8) is 0 Å². The van der Waals surface area contributed by atoms with Gasteiger partial charge >= 0.3 is 6.01 Å². The number of halogens is 2. The first-order valence-electron chi connectivity index (χ1n) is 15.0. The minimum atomic E-state index is -0.284. The summed E-state index contributed by atoms with van der Waals surface area (Å²) >= 11 is 0. The molecular formula is C33H36F2N6O.